The van der Waals surface area contributed by atoms with E-state index >= 15 is 0 Å². The van der Waals surface area contributed by atoms with Crippen LogP contribution in [-0.2, 0) is 4.79 Å². The van der Waals surface area contributed by atoms with Crippen LogP contribution in [0.2, 0.25) is 0 Å². The number of hydrogen-bond donors (Lipinski definition) is 3. The van der Waals surface area contributed by atoms with Crippen molar-refractivity contribution in [1.29, 1.82) is 0 Å². The second kappa shape index (κ2) is 8.80. The van der Waals surface area contributed by atoms with Crippen molar-refractivity contribution in [1.82, 2.24) is 10.2 Å². The molecular weight excluding hydrogens is 306 g/mol. The molecule has 24 heavy (non-hydrogen) atoms. The lowest BCUT2D eigenvalue weighted by atomic mass is 10.1. The molecule has 1 saturated carbocycles. The van der Waals surface area contributed by atoms with Crippen molar-refractivity contribution in [2.45, 2.75) is 32.7 Å². The van der Waals surface area contributed by atoms with Crippen LogP contribution in [0.3, 0.4) is 0 Å². The summed E-state index contributed by atoms with van der Waals surface area (Å²) in [6, 6.07) is 7.41. The number of aliphatic hydroxyl groups is 1. The zero-order valence-electron chi connectivity index (χ0n) is 14.4. The maximum atomic E-state index is 12.3. The standard InChI is InChI=1S/C18H27N3O3/c1-13(2)11-19-18(24)15-5-3-4-6-16(15)20-17(23)12-21(9-10-22)14-7-8-14/h3-6,13-14,22H,7-12H2,1-2H3,(H,19,24)(H,20,23). The second-order valence-corrected chi connectivity index (χ2v) is 6.62. The van der Waals surface area contributed by atoms with Crippen LogP contribution in [-0.4, -0.2) is 54.1 Å². The lowest BCUT2D eigenvalue weighted by Gasteiger charge is -2.20. The van der Waals surface area contributed by atoms with E-state index in [1.165, 1.54) is 0 Å². The topological polar surface area (TPSA) is 81.7 Å². The van der Waals surface area contributed by atoms with Crippen LogP contribution in [0.5, 0.6) is 0 Å². The fraction of sp³-hybridized carbons (Fsp3) is 0.556. The molecule has 6 heteroatoms. The van der Waals surface area contributed by atoms with Crippen molar-refractivity contribution in [3.8, 4) is 0 Å². The Balaban J connectivity index is 1.98. The Kier molecular flexibility index (Phi) is 6.75. The summed E-state index contributed by atoms with van der Waals surface area (Å²) in [6.45, 7) is 5.41. The van der Waals surface area contributed by atoms with Gasteiger partial charge in [0.2, 0.25) is 5.91 Å². The Bertz CT molecular complexity index is 570. The number of benzene rings is 1. The number of nitrogens with zero attached hydrogens (tertiary/aromatic N) is 1. The summed E-state index contributed by atoms with van der Waals surface area (Å²) in [5.74, 6) is 0.00903. The molecule has 2 amide bonds. The lowest BCUT2D eigenvalue weighted by Crippen LogP contribution is -2.37. The molecule has 1 aliphatic carbocycles. The van der Waals surface area contributed by atoms with Crippen molar-refractivity contribution in [3.63, 3.8) is 0 Å². The lowest BCUT2D eigenvalue weighted by molar-refractivity contribution is -0.117. The van der Waals surface area contributed by atoms with E-state index in [1.807, 2.05) is 18.7 Å². The third kappa shape index (κ3) is 5.62. The minimum Gasteiger partial charge on any atom is -0.395 e. The number of hydrogen-bond acceptors (Lipinski definition) is 4. The van der Waals surface area contributed by atoms with Gasteiger partial charge in [0, 0.05) is 19.1 Å². The minimum absolute atomic E-state index is 0.0397. The van der Waals surface area contributed by atoms with Crippen LogP contribution in [0.4, 0.5) is 5.69 Å². The third-order valence-electron chi connectivity index (χ3n) is 3.91. The number of nitrogens with one attached hydrogen (secondary N) is 2. The van der Waals surface area contributed by atoms with Gasteiger partial charge in [-0.25, -0.2) is 0 Å². The van der Waals surface area contributed by atoms with Crippen LogP contribution >= 0.6 is 0 Å². The van der Waals surface area contributed by atoms with Gasteiger partial charge < -0.3 is 15.7 Å². The van der Waals surface area contributed by atoms with Gasteiger partial charge in [0.05, 0.1) is 24.4 Å². The summed E-state index contributed by atoms with van der Waals surface area (Å²) >= 11 is 0. The highest BCUT2D eigenvalue weighted by molar-refractivity contribution is 6.04. The third-order valence-corrected chi connectivity index (χ3v) is 3.91. The monoisotopic (exact) mass is 333 g/mol. The molecule has 1 aliphatic rings. The number of para-hydroxylation sites is 1. The van der Waals surface area contributed by atoms with Gasteiger partial charge in [-0.1, -0.05) is 26.0 Å². The van der Waals surface area contributed by atoms with Gasteiger partial charge in [-0.2, -0.15) is 0 Å². The summed E-state index contributed by atoms with van der Waals surface area (Å²) in [7, 11) is 0. The van der Waals surface area contributed by atoms with E-state index in [-0.39, 0.29) is 25.0 Å². The number of carbonyl (C=O) groups excluding carboxylic acids is 2. The SMILES string of the molecule is CC(C)CNC(=O)c1ccccc1NC(=O)CN(CCO)C1CC1. The second-order valence-electron chi connectivity index (χ2n) is 6.62. The fourth-order valence-corrected chi connectivity index (χ4v) is 2.52. The first-order valence-electron chi connectivity index (χ1n) is 8.53. The number of anilines is 1. The number of carbonyl (C=O) groups is 2. The highest BCUT2D eigenvalue weighted by Crippen LogP contribution is 2.26. The van der Waals surface area contributed by atoms with Gasteiger partial charge in [-0.3, -0.25) is 14.5 Å². The van der Waals surface area contributed by atoms with Crippen molar-refractivity contribution >= 4 is 17.5 Å². The maximum Gasteiger partial charge on any atom is 0.253 e. The largest absolute Gasteiger partial charge is 0.395 e. The molecule has 0 heterocycles. The molecule has 1 aromatic carbocycles. The summed E-state index contributed by atoms with van der Waals surface area (Å²) in [4.78, 5) is 26.6. The van der Waals surface area contributed by atoms with E-state index in [9.17, 15) is 9.59 Å². The van der Waals surface area contributed by atoms with Gasteiger partial charge in [0.15, 0.2) is 0 Å². The molecule has 132 valence electrons. The van der Waals surface area contributed by atoms with Gasteiger partial charge in [0.1, 0.15) is 0 Å². The zero-order valence-corrected chi connectivity index (χ0v) is 14.4. The summed E-state index contributed by atoms with van der Waals surface area (Å²) < 4.78 is 0. The molecule has 0 radical (unpaired) electrons. The van der Waals surface area contributed by atoms with Gasteiger partial charge in [0.25, 0.3) is 5.91 Å². The first-order valence-corrected chi connectivity index (χ1v) is 8.53. The van der Waals surface area contributed by atoms with E-state index in [4.69, 9.17) is 5.11 Å². The predicted molar refractivity (Wildman–Crippen MR) is 93.9 cm³/mol. The highest BCUT2D eigenvalue weighted by atomic mass is 16.3. The summed E-state index contributed by atoms with van der Waals surface area (Å²) in [5.41, 5.74) is 0.982. The molecule has 1 fully saturated rings. The molecule has 0 atom stereocenters. The number of amides is 2. The Morgan fingerprint density at radius 1 is 1.29 bits per heavy atom. The Morgan fingerprint density at radius 3 is 2.62 bits per heavy atom. The van der Waals surface area contributed by atoms with Crippen molar-refractivity contribution in [2.75, 3.05) is 31.6 Å². The molecule has 0 aromatic heterocycles. The van der Waals surface area contributed by atoms with E-state index in [0.29, 0.717) is 36.3 Å². The minimum atomic E-state index is -0.186. The quantitative estimate of drug-likeness (QED) is 0.639. The molecule has 0 saturated heterocycles. The Labute approximate surface area is 143 Å². The highest BCUT2D eigenvalue weighted by Gasteiger charge is 2.29. The number of rotatable bonds is 9. The predicted octanol–water partition coefficient (Wildman–Crippen LogP) is 1.47. The molecular formula is C18H27N3O3. The smallest absolute Gasteiger partial charge is 0.253 e. The molecule has 1 aromatic rings. The first-order chi connectivity index (χ1) is 11.5. The van der Waals surface area contributed by atoms with Crippen LogP contribution in [0.15, 0.2) is 24.3 Å². The normalized spacial score (nSPS) is 14.0. The van der Waals surface area contributed by atoms with Crippen LogP contribution in [0, 0.1) is 5.92 Å². The van der Waals surface area contributed by atoms with Crippen molar-refractivity contribution in [3.05, 3.63) is 29.8 Å². The zero-order chi connectivity index (χ0) is 17.5. The Hall–Kier alpha value is -1.92. The molecule has 0 spiro atoms. The first kappa shape index (κ1) is 18.4. The van der Waals surface area contributed by atoms with E-state index in [1.54, 1.807) is 24.3 Å². The average molecular weight is 333 g/mol. The van der Waals surface area contributed by atoms with Crippen molar-refractivity contribution < 1.29 is 14.7 Å². The van der Waals surface area contributed by atoms with Gasteiger partial charge >= 0.3 is 0 Å². The number of aliphatic hydroxyl groups excluding tert-OH is 1. The van der Waals surface area contributed by atoms with Crippen LogP contribution in [0.1, 0.15) is 37.0 Å². The molecule has 0 unspecified atom stereocenters. The average Bonchev–Trinajstić information content (AvgIpc) is 3.37. The van der Waals surface area contributed by atoms with Crippen molar-refractivity contribution in [2.24, 2.45) is 5.92 Å². The summed E-state index contributed by atoms with van der Waals surface area (Å²) in [6.07, 6.45) is 2.14. The van der Waals surface area contributed by atoms with E-state index in [2.05, 4.69) is 10.6 Å². The van der Waals surface area contributed by atoms with Crippen LogP contribution < -0.4 is 10.6 Å². The molecule has 0 bridgehead atoms. The summed E-state index contributed by atoms with van der Waals surface area (Å²) in [5, 5.41) is 14.8. The fourth-order valence-electron chi connectivity index (χ4n) is 2.52. The van der Waals surface area contributed by atoms with Gasteiger partial charge in [-0.15, -0.1) is 0 Å². The van der Waals surface area contributed by atoms with Crippen LogP contribution in [0.25, 0.3) is 0 Å². The Morgan fingerprint density at radius 2 is 2.00 bits per heavy atom. The molecule has 0 aliphatic heterocycles. The molecule has 6 nitrogen and oxygen atoms in total. The molecule has 2 rings (SSSR count). The van der Waals surface area contributed by atoms with E-state index < -0.39 is 0 Å². The van der Waals surface area contributed by atoms with E-state index in [0.717, 1.165) is 12.8 Å². The van der Waals surface area contributed by atoms with Gasteiger partial charge in [-0.05, 0) is 30.9 Å². The molecule has 3 N–H and O–H groups in total. The maximum absolute atomic E-state index is 12.3.